The summed E-state index contributed by atoms with van der Waals surface area (Å²) in [5.41, 5.74) is 4.43. The summed E-state index contributed by atoms with van der Waals surface area (Å²) in [5.74, 6) is 1.29. The van der Waals surface area contributed by atoms with Crippen molar-refractivity contribution >= 4 is 22.6 Å². The number of benzene rings is 2. The molecular weight excluding hydrogens is 324 g/mol. The fourth-order valence-corrected chi connectivity index (χ4v) is 3.68. The van der Waals surface area contributed by atoms with Crippen LogP contribution in [0.25, 0.3) is 11.0 Å². The Morgan fingerprint density at radius 3 is 2.62 bits per heavy atom. The maximum Gasteiger partial charge on any atom is 0.227 e. The van der Waals surface area contributed by atoms with Crippen molar-refractivity contribution < 1.29 is 9.21 Å². The van der Waals surface area contributed by atoms with Crippen molar-refractivity contribution in [1.82, 2.24) is 5.32 Å². The molecule has 2 aromatic carbocycles. The van der Waals surface area contributed by atoms with Gasteiger partial charge in [-0.3, -0.25) is 4.79 Å². The highest BCUT2D eigenvalue weighted by atomic mass is 16.3. The summed E-state index contributed by atoms with van der Waals surface area (Å²) in [6, 6.07) is 16.5. The number of carbonyl (C=O) groups is 1. The number of aryl methyl sites for hydroxylation is 1. The van der Waals surface area contributed by atoms with Gasteiger partial charge >= 0.3 is 0 Å². The molecule has 134 valence electrons. The van der Waals surface area contributed by atoms with Crippen LogP contribution in [-0.4, -0.2) is 12.5 Å². The molecule has 4 nitrogen and oxygen atoms in total. The molecule has 0 saturated carbocycles. The Balaban J connectivity index is 1.41. The summed E-state index contributed by atoms with van der Waals surface area (Å²) in [4.78, 5) is 13.7. The average Bonchev–Trinajstić information content (AvgIpc) is 3.26. The van der Waals surface area contributed by atoms with Crippen molar-refractivity contribution in [2.75, 3.05) is 11.4 Å². The van der Waals surface area contributed by atoms with E-state index in [-0.39, 0.29) is 5.91 Å². The number of nitrogens with zero attached hydrogens (tertiary/aromatic N) is 1. The first-order valence-electron chi connectivity index (χ1n) is 9.35. The van der Waals surface area contributed by atoms with E-state index in [0.717, 1.165) is 49.5 Å². The van der Waals surface area contributed by atoms with Gasteiger partial charge in [0.2, 0.25) is 5.91 Å². The van der Waals surface area contributed by atoms with Crippen LogP contribution in [0.2, 0.25) is 0 Å². The van der Waals surface area contributed by atoms with Crippen molar-refractivity contribution in [3.8, 4) is 0 Å². The van der Waals surface area contributed by atoms with Crippen molar-refractivity contribution in [3.63, 3.8) is 0 Å². The van der Waals surface area contributed by atoms with E-state index in [1.807, 2.05) is 29.2 Å². The molecule has 1 fully saturated rings. The molecule has 26 heavy (non-hydrogen) atoms. The summed E-state index contributed by atoms with van der Waals surface area (Å²) >= 11 is 0. The number of carbonyl (C=O) groups excluding carboxylic acids is 1. The summed E-state index contributed by atoms with van der Waals surface area (Å²) in [7, 11) is 0. The van der Waals surface area contributed by atoms with Gasteiger partial charge in [0.1, 0.15) is 11.3 Å². The topological polar surface area (TPSA) is 45.5 Å². The molecule has 1 N–H and O–H groups in total. The van der Waals surface area contributed by atoms with Gasteiger partial charge in [0, 0.05) is 49.1 Å². The molecule has 1 amide bonds. The average molecular weight is 348 g/mol. The molecule has 1 aromatic heterocycles. The molecule has 0 atom stereocenters. The van der Waals surface area contributed by atoms with Gasteiger partial charge in [-0.05, 0) is 30.2 Å². The van der Waals surface area contributed by atoms with Gasteiger partial charge in [-0.2, -0.15) is 0 Å². The van der Waals surface area contributed by atoms with Crippen LogP contribution in [0.1, 0.15) is 36.7 Å². The molecule has 0 spiro atoms. The Morgan fingerprint density at radius 1 is 1.08 bits per heavy atom. The number of para-hydroxylation sites is 1. The molecule has 0 bridgehead atoms. The minimum atomic E-state index is 0.231. The van der Waals surface area contributed by atoms with Crippen molar-refractivity contribution in [3.05, 3.63) is 65.4 Å². The Bertz CT molecular complexity index is 912. The molecule has 1 aliphatic rings. The van der Waals surface area contributed by atoms with Crippen LogP contribution in [-0.2, 0) is 24.3 Å². The zero-order valence-corrected chi connectivity index (χ0v) is 15.1. The quantitative estimate of drug-likeness (QED) is 0.717. The summed E-state index contributed by atoms with van der Waals surface area (Å²) in [6.45, 7) is 4.53. The normalized spacial score (nSPS) is 14.5. The van der Waals surface area contributed by atoms with E-state index < -0.39 is 0 Å². The summed E-state index contributed by atoms with van der Waals surface area (Å²) in [5, 5.41) is 4.72. The number of hydrogen-bond acceptors (Lipinski definition) is 3. The van der Waals surface area contributed by atoms with Crippen LogP contribution in [0.15, 0.2) is 52.9 Å². The lowest BCUT2D eigenvalue weighted by molar-refractivity contribution is -0.117. The molecule has 0 unspecified atom stereocenters. The zero-order valence-electron chi connectivity index (χ0n) is 15.1. The minimum absolute atomic E-state index is 0.231. The van der Waals surface area contributed by atoms with E-state index >= 15 is 0 Å². The Hall–Kier alpha value is -2.59. The number of anilines is 1. The molecule has 1 aliphatic heterocycles. The predicted octanol–water partition coefficient (Wildman–Crippen LogP) is 4.41. The number of nitrogens with one attached hydrogen (secondary N) is 1. The van der Waals surface area contributed by atoms with Gasteiger partial charge in [0.05, 0.1) is 0 Å². The fraction of sp³-hybridized carbons (Fsp3) is 0.318. The minimum Gasteiger partial charge on any atom is -0.461 e. The van der Waals surface area contributed by atoms with Gasteiger partial charge in [-0.1, -0.05) is 37.3 Å². The summed E-state index contributed by atoms with van der Waals surface area (Å²) in [6.07, 6.45) is 2.52. The molecule has 2 heterocycles. The largest absolute Gasteiger partial charge is 0.461 e. The van der Waals surface area contributed by atoms with E-state index in [0.29, 0.717) is 6.42 Å². The highest BCUT2D eigenvalue weighted by molar-refractivity contribution is 5.95. The van der Waals surface area contributed by atoms with Crippen LogP contribution in [0.3, 0.4) is 0 Å². The number of rotatable bonds is 6. The first-order valence-corrected chi connectivity index (χ1v) is 9.35. The lowest BCUT2D eigenvalue weighted by atomic mass is 10.1. The van der Waals surface area contributed by atoms with Crippen LogP contribution >= 0.6 is 0 Å². The second-order valence-corrected chi connectivity index (χ2v) is 6.77. The maximum atomic E-state index is 11.8. The maximum absolute atomic E-state index is 11.8. The van der Waals surface area contributed by atoms with Gasteiger partial charge < -0.3 is 14.6 Å². The highest BCUT2D eigenvalue weighted by Crippen LogP contribution is 2.26. The van der Waals surface area contributed by atoms with Gasteiger partial charge in [-0.25, -0.2) is 0 Å². The van der Waals surface area contributed by atoms with Gasteiger partial charge in [0.25, 0.3) is 0 Å². The van der Waals surface area contributed by atoms with Crippen LogP contribution < -0.4 is 10.2 Å². The van der Waals surface area contributed by atoms with E-state index in [1.54, 1.807) is 0 Å². The Morgan fingerprint density at radius 2 is 1.88 bits per heavy atom. The number of fused-ring (bicyclic) bond motifs is 1. The van der Waals surface area contributed by atoms with Crippen molar-refractivity contribution in [1.29, 1.82) is 0 Å². The highest BCUT2D eigenvalue weighted by Gasteiger charge is 2.21. The molecular formula is C22H24N2O2. The van der Waals surface area contributed by atoms with E-state index in [2.05, 4.69) is 36.5 Å². The Labute approximate surface area is 153 Å². The van der Waals surface area contributed by atoms with Gasteiger partial charge in [0.15, 0.2) is 0 Å². The van der Waals surface area contributed by atoms with Gasteiger partial charge in [-0.15, -0.1) is 0 Å². The third-order valence-corrected chi connectivity index (χ3v) is 5.06. The SMILES string of the molecule is CCc1oc2ccccc2c1CNCc1ccc(N2CCCC2=O)cc1. The monoisotopic (exact) mass is 348 g/mol. The summed E-state index contributed by atoms with van der Waals surface area (Å²) < 4.78 is 5.96. The predicted molar refractivity (Wildman–Crippen MR) is 104 cm³/mol. The number of hydrogen-bond donors (Lipinski definition) is 1. The first-order chi connectivity index (χ1) is 12.8. The van der Waals surface area contributed by atoms with E-state index in [4.69, 9.17) is 4.42 Å². The van der Waals surface area contributed by atoms with Crippen molar-refractivity contribution in [2.45, 2.75) is 39.3 Å². The third kappa shape index (κ3) is 3.25. The van der Waals surface area contributed by atoms with Crippen LogP contribution in [0.5, 0.6) is 0 Å². The fourth-order valence-electron chi connectivity index (χ4n) is 3.68. The van der Waals surface area contributed by atoms with Crippen LogP contribution in [0.4, 0.5) is 5.69 Å². The van der Waals surface area contributed by atoms with Crippen LogP contribution in [0, 0.1) is 0 Å². The standard InChI is InChI=1S/C22H24N2O2/c1-2-20-19(18-6-3-4-7-21(18)26-20)15-23-14-16-9-11-17(12-10-16)24-13-5-8-22(24)25/h3-4,6-7,9-12,23H,2,5,8,13-15H2,1H3. The lowest BCUT2D eigenvalue weighted by Crippen LogP contribution is -2.23. The zero-order chi connectivity index (χ0) is 17.9. The first kappa shape index (κ1) is 16.9. The van der Waals surface area contributed by atoms with E-state index in [9.17, 15) is 4.79 Å². The second kappa shape index (κ2) is 7.34. The molecule has 0 radical (unpaired) electrons. The molecule has 3 aromatic rings. The molecule has 4 rings (SSSR count). The molecule has 0 aliphatic carbocycles. The lowest BCUT2D eigenvalue weighted by Gasteiger charge is -2.16. The number of furan rings is 1. The smallest absolute Gasteiger partial charge is 0.227 e. The van der Waals surface area contributed by atoms with Crippen molar-refractivity contribution in [2.24, 2.45) is 0 Å². The Kier molecular flexibility index (Phi) is 4.76. The molecule has 4 heteroatoms. The third-order valence-electron chi connectivity index (χ3n) is 5.06. The van der Waals surface area contributed by atoms with E-state index in [1.165, 1.54) is 16.5 Å². The second-order valence-electron chi connectivity index (χ2n) is 6.77. The molecule has 1 saturated heterocycles. The number of amides is 1.